The fourth-order valence-electron chi connectivity index (χ4n) is 3.36. The van der Waals surface area contributed by atoms with Gasteiger partial charge in [0.05, 0.1) is 17.1 Å². The van der Waals surface area contributed by atoms with Crippen LogP contribution in [0.1, 0.15) is 38.1 Å². The number of benzene rings is 1. The highest BCUT2D eigenvalue weighted by molar-refractivity contribution is 5.75. The summed E-state index contributed by atoms with van der Waals surface area (Å²) in [6.45, 7) is 4.48. The number of fused-ring (bicyclic) bond motifs is 1. The van der Waals surface area contributed by atoms with Crippen molar-refractivity contribution in [3.05, 3.63) is 30.1 Å². The zero-order valence-electron chi connectivity index (χ0n) is 13.3. The Bertz CT molecular complexity index is 604. The molecule has 2 aromatic rings. The molecule has 114 valence electrons. The standard InChI is InChI=1S/C17H26N4/c1-13(18-12-14-8-6-7-11-20(14)2)17-19-15-9-4-5-10-16(15)21(17)3/h4-5,9-10,13-14,18H,6-8,11-12H2,1-3H3. The Morgan fingerprint density at radius 3 is 2.86 bits per heavy atom. The molecule has 0 saturated carbocycles. The minimum absolute atomic E-state index is 0.276. The van der Waals surface area contributed by atoms with Crippen LogP contribution in [0, 0.1) is 0 Å². The first-order valence-electron chi connectivity index (χ1n) is 8.02. The molecule has 1 N–H and O–H groups in total. The van der Waals surface area contributed by atoms with Crippen molar-refractivity contribution in [3.63, 3.8) is 0 Å². The van der Waals surface area contributed by atoms with Crippen molar-refractivity contribution in [2.24, 2.45) is 7.05 Å². The van der Waals surface area contributed by atoms with Crippen LogP contribution < -0.4 is 5.32 Å². The van der Waals surface area contributed by atoms with Crippen LogP contribution in [-0.4, -0.2) is 40.6 Å². The number of imidazole rings is 1. The predicted octanol–water partition coefficient (Wildman–Crippen LogP) is 2.71. The highest BCUT2D eigenvalue weighted by Crippen LogP contribution is 2.20. The molecule has 1 aliphatic rings. The fourth-order valence-corrected chi connectivity index (χ4v) is 3.36. The summed E-state index contributed by atoms with van der Waals surface area (Å²) in [5.74, 6) is 1.12. The first-order chi connectivity index (χ1) is 10.2. The van der Waals surface area contributed by atoms with Gasteiger partial charge < -0.3 is 14.8 Å². The molecule has 2 heterocycles. The van der Waals surface area contributed by atoms with Crippen LogP contribution in [0.15, 0.2) is 24.3 Å². The van der Waals surface area contributed by atoms with Crippen LogP contribution in [0.25, 0.3) is 11.0 Å². The summed E-state index contributed by atoms with van der Waals surface area (Å²) in [6.07, 6.45) is 4.00. The number of hydrogen-bond donors (Lipinski definition) is 1. The minimum Gasteiger partial charge on any atom is -0.330 e. The van der Waals surface area contributed by atoms with Crippen molar-refractivity contribution in [1.82, 2.24) is 19.8 Å². The van der Waals surface area contributed by atoms with E-state index in [4.69, 9.17) is 4.98 Å². The van der Waals surface area contributed by atoms with Crippen molar-refractivity contribution < 1.29 is 0 Å². The van der Waals surface area contributed by atoms with Gasteiger partial charge in [0, 0.05) is 19.6 Å². The lowest BCUT2D eigenvalue weighted by Crippen LogP contribution is -2.43. The number of likely N-dealkylation sites (tertiary alicyclic amines) is 1. The number of nitrogens with one attached hydrogen (secondary N) is 1. The Labute approximate surface area is 127 Å². The lowest BCUT2D eigenvalue weighted by molar-refractivity contribution is 0.178. The lowest BCUT2D eigenvalue weighted by atomic mass is 10.0. The SMILES string of the molecule is CC(NCC1CCCCN1C)c1nc2ccccc2n1C. The van der Waals surface area contributed by atoms with Gasteiger partial charge in [0.1, 0.15) is 5.82 Å². The molecule has 0 bridgehead atoms. The molecule has 1 aromatic carbocycles. The summed E-state index contributed by atoms with van der Waals surface area (Å²) in [7, 11) is 4.35. The third-order valence-electron chi connectivity index (χ3n) is 4.79. The van der Waals surface area contributed by atoms with Crippen LogP contribution in [0.3, 0.4) is 0 Å². The maximum Gasteiger partial charge on any atom is 0.126 e. The molecule has 1 fully saturated rings. The average molecular weight is 286 g/mol. The van der Waals surface area contributed by atoms with Crippen molar-refractivity contribution in [3.8, 4) is 0 Å². The fraction of sp³-hybridized carbons (Fsp3) is 0.588. The van der Waals surface area contributed by atoms with E-state index in [1.54, 1.807) is 0 Å². The van der Waals surface area contributed by atoms with E-state index in [1.807, 2.05) is 6.07 Å². The van der Waals surface area contributed by atoms with Gasteiger partial charge in [-0.05, 0) is 45.5 Å². The summed E-state index contributed by atoms with van der Waals surface area (Å²) < 4.78 is 2.21. The number of nitrogens with zero attached hydrogens (tertiary/aromatic N) is 3. The van der Waals surface area contributed by atoms with Gasteiger partial charge in [-0.15, -0.1) is 0 Å². The Morgan fingerprint density at radius 1 is 1.29 bits per heavy atom. The largest absolute Gasteiger partial charge is 0.330 e. The molecule has 0 aliphatic carbocycles. The van der Waals surface area contributed by atoms with Crippen molar-refractivity contribution in [2.75, 3.05) is 20.1 Å². The molecule has 21 heavy (non-hydrogen) atoms. The number of para-hydroxylation sites is 2. The van der Waals surface area contributed by atoms with E-state index < -0.39 is 0 Å². The van der Waals surface area contributed by atoms with Crippen molar-refractivity contribution >= 4 is 11.0 Å². The summed E-state index contributed by atoms with van der Waals surface area (Å²) >= 11 is 0. The molecule has 2 unspecified atom stereocenters. The lowest BCUT2D eigenvalue weighted by Gasteiger charge is -2.33. The predicted molar refractivity (Wildman–Crippen MR) is 87.4 cm³/mol. The van der Waals surface area contributed by atoms with E-state index in [0.29, 0.717) is 6.04 Å². The maximum absolute atomic E-state index is 4.78. The van der Waals surface area contributed by atoms with Gasteiger partial charge in [-0.25, -0.2) is 4.98 Å². The molecule has 2 atom stereocenters. The van der Waals surface area contributed by atoms with Gasteiger partial charge in [0.2, 0.25) is 0 Å². The first kappa shape index (κ1) is 14.5. The topological polar surface area (TPSA) is 33.1 Å². The van der Waals surface area contributed by atoms with Gasteiger partial charge in [-0.1, -0.05) is 18.6 Å². The Kier molecular flexibility index (Phi) is 4.27. The van der Waals surface area contributed by atoms with Crippen LogP contribution in [0.2, 0.25) is 0 Å². The highest BCUT2D eigenvalue weighted by atomic mass is 15.2. The highest BCUT2D eigenvalue weighted by Gasteiger charge is 2.20. The average Bonchev–Trinajstić information content (AvgIpc) is 2.84. The van der Waals surface area contributed by atoms with Gasteiger partial charge in [0.15, 0.2) is 0 Å². The summed E-state index contributed by atoms with van der Waals surface area (Å²) in [6, 6.07) is 9.28. The van der Waals surface area contributed by atoms with E-state index in [1.165, 1.54) is 31.3 Å². The number of piperidine rings is 1. The van der Waals surface area contributed by atoms with Crippen LogP contribution in [0.5, 0.6) is 0 Å². The molecule has 4 nitrogen and oxygen atoms in total. The number of aromatic nitrogens is 2. The summed E-state index contributed by atoms with van der Waals surface area (Å²) in [5, 5.41) is 3.68. The van der Waals surface area contributed by atoms with E-state index in [9.17, 15) is 0 Å². The third kappa shape index (κ3) is 2.97. The van der Waals surface area contributed by atoms with Crippen LogP contribution >= 0.6 is 0 Å². The molecule has 3 rings (SSSR count). The van der Waals surface area contributed by atoms with Gasteiger partial charge in [0.25, 0.3) is 0 Å². The van der Waals surface area contributed by atoms with Gasteiger partial charge in [-0.3, -0.25) is 0 Å². The molecule has 1 saturated heterocycles. The zero-order valence-corrected chi connectivity index (χ0v) is 13.3. The molecule has 0 radical (unpaired) electrons. The van der Waals surface area contributed by atoms with E-state index in [2.05, 4.69) is 54.0 Å². The van der Waals surface area contributed by atoms with Crippen LogP contribution in [0.4, 0.5) is 0 Å². The number of rotatable bonds is 4. The van der Waals surface area contributed by atoms with Crippen molar-refractivity contribution in [1.29, 1.82) is 0 Å². The minimum atomic E-state index is 0.276. The normalized spacial score (nSPS) is 21.8. The van der Waals surface area contributed by atoms with E-state index in [-0.39, 0.29) is 6.04 Å². The molecule has 4 heteroatoms. The summed E-state index contributed by atoms with van der Waals surface area (Å²) in [4.78, 5) is 7.27. The quantitative estimate of drug-likeness (QED) is 0.938. The number of likely N-dealkylation sites (N-methyl/N-ethyl adjacent to an activating group) is 1. The molecular formula is C17H26N4. The molecule has 1 aromatic heterocycles. The molecule has 0 spiro atoms. The maximum atomic E-state index is 4.78. The second kappa shape index (κ2) is 6.16. The Hall–Kier alpha value is -1.39. The Balaban J connectivity index is 1.69. The van der Waals surface area contributed by atoms with Gasteiger partial charge in [-0.2, -0.15) is 0 Å². The van der Waals surface area contributed by atoms with Gasteiger partial charge >= 0.3 is 0 Å². The van der Waals surface area contributed by atoms with Crippen molar-refractivity contribution in [2.45, 2.75) is 38.3 Å². The molecule has 1 aliphatic heterocycles. The molecule has 0 amide bonds. The van der Waals surface area contributed by atoms with E-state index >= 15 is 0 Å². The summed E-state index contributed by atoms with van der Waals surface area (Å²) in [5.41, 5.74) is 2.29. The molecular weight excluding hydrogens is 260 g/mol. The van der Waals surface area contributed by atoms with E-state index in [0.717, 1.165) is 17.9 Å². The van der Waals surface area contributed by atoms with Crippen LogP contribution in [-0.2, 0) is 7.05 Å². The Morgan fingerprint density at radius 2 is 2.10 bits per heavy atom. The number of aryl methyl sites for hydroxylation is 1. The second-order valence-electron chi connectivity index (χ2n) is 6.28. The first-order valence-corrected chi connectivity index (χ1v) is 8.02. The monoisotopic (exact) mass is 286 g/mol. The second-order valence-corrected chi connectivity index (χ2v) is 6.28. The third-order valence-corrected chi connectivity index (χ3v) is 4.79. The zero-order chi connectivity index (χ0) is 14.8. The smallest absolute Gasteiger partial charge is 0.126 e. The number of hydrogen-bond acceptors (Lipinski definition) is 3.